The summed E-state index contributed by atoms with van der Waals surface area (Å²) < 4.78 is 34.2. The molecule has 10 heteroatoms. The van der Waals surface area contributed by atoms with Crippen molar-refractivity contribution >= 4 is 19.8 Å². The van der Waals surface area contributed by atoms with E-state index in [0.717, 1.165) is 38.5 Å². The van der Waals surface area contributed by atoms with Crippen molar-refractivity contribution in [2.75, 3.05) is 47.5 Å². The number of phosphoric ester groups is 1. The van der Waals surface area contributed by atoms with Crippen molar-refractivity contribution < 1.29 is 42.1 Å². The van der Waals surface area contributed by atoms with E-state index in [0.29, 0.717) is 17.4 Å². The number of unbranched alkanes of at least 4 members (excludes halogenated alkanes) is 24. The van der Waals surface area contributed by atoms with E-state index >= 15 is 0 Å². The number of hydrogen-bond donors (Lipinski definition) is 1. The Bertz CT molecular complexity index is 835. The summed E-state index contributed by atoms with van der Waals surface area (Å²) in [5.74, 6) is -0.790. The average Bonchev–Trinajstić information content (AvgIpc) is 3.06. The van der Waals surface area contributed by atoms with E-state index in [9.17, 15) is 19.0 Å². The minimum atomic E-state index is -4.36. The first kappa shape index (κ1) is 49.0. The molecule has 9 nitrogen and oxygen atoms in total. The third-order valence-electron chi connectivity index (χ3n) is 9.14. The molecular weight excluding hydrogens is 653 g/mol. The first-order chi connectivity index (χ1) is 24.0. The number of quaternary nitrogens is 1. The lowest BCUT2D eigenvalue weighted by Crippen LogP contribution is -2.37. The van der Waals surface area contributed by atoms with Crippen LogP contribution < -0.4 is 0 Å². The molecule has 0 spiro atoms. The van der Waals surface area contributed by atoms with Crippen molar-refractivity contribution in [3.63, 3.8) is 0 Å². The molecule has 0 aromatic rings. The van der Waals surface area contributed by atoms with Crippen LogP contribution in [-0.2, 0) is 32.7 Å². The molecule has 0 aliphatic rings. The van der Waals surface area contributed by atoms with E-state index < -0.39 is 26.5 Å². The Kier molecular flexibility index (Phi) is 33.2. The SMILES string of the molecule is CCCCCCCCCCCCCCCCCCCC(=O)O[C@H](COC(=O)CCCCCCCCCCC)COP(=O)(O)OCC[N+](C)(C)C. The highest BCUT2D eigenvalue weighted by atomic mass is 31.2. The molecular formula is C40H81NO8P+. The molecule has 1 unspecified atom stereocenters. The van der Waals surface area contributed by atoms with E-state index in [-0.39, 0.29) is 25.6 Å². The zero-order valence-electron chi connectivity index (χ0n) is 33.4. The highest BCUT2D eigenvalue weighted by Crippen LogP contribution is 2.43. The second-order valence-electron chi connectivity index (χ2n) is 15.4. The lowest BCUT2D eigenvalue weighted by molar-refractivity contribution is -0.870. The number of esters is 2. The van der Waals surface area contributed by atoms with Crippen LogP contribution in [-0.4, -0.2) is 74.9 Å². The molecule has 50 heavy (non-hydrogen) atoms. The summed E-state index contributed by atoms with van der Waals surface area (Å²) in [4.78, 5) is 35.2. The Balaban J connectivity index is 4.30. The van der Waals surface area contributed by atoms with Gasteiger partial charge in [-0.05, 0) is 12.8 Å². The monoisotopic (exact) mass is 735 g/mol. The van der Waals surface area contributed by atoms with E-state index in [1.54, 1.807) is 0 Å². The fraction of sp³-hybridized carbons (Fsp3) is 0.950. The highest BCUT2D eigenvalue weighted by molar-refractivity contribution is 7.47. The first-order valence-electron chi connectivity index (χ1n) is 20.8. The van der Waals surface area contributed by atoms with Gasteiger partial charge in [-0.1, -0.05) is 168 Å². The second kappa shape index (κ2) is 33.8. The number of hydrogen-bond acceptors (Lipinski definition) is 7. The van der Waals surface area contributed by atoms with Crippen LogP contribution in [0.3, 0.4) is 0 Å². The van der Waals surface area contributed by atoms with E-state index in [4.69, 9.17) is 18.5 Å². The molecule has 0 rings (SSSR count). The molecule has 0 aliphatic carbocycles. The largest absolute Gasteiger partial charge is 0.472 e. The quantitative estimate of drug-likeness (QED) is 0.0289. The van der Waals surface area contributed by atoms with Gasteiger partial charge in [0.1, 0.15) is 19.8 Å². The maximum atomic E-state index is 12.6. The van der Waals surface area contributed by atoms with Crippen molar-refractivity contribution in [3.05, 3.63) is 0 Å². The molecule has 1 N–H and O–H groups in total. The molecule has 0 saturated carbocycles. The molecule has 298 valence electrons. The molecule has 0 aliphatic heterocycles. The Morgan fingerprint density at radius 1 is 0.540 bits per heavy atom. The molecule has 0 heterocycles. The van der Waals surface area contributed by atoms with Gasteiger partial charge in [0.2, 0.25) is 0 Å². The predicted octanol–water partition coefficient (Wildman–Crippen LogP) is 11.2. The van der Waals surface area contributed by atoms with E-state index in [2.05, 4.69) is 13.8 Å². The van der Waals surface area contributed by atoms with Gasteiger partial charge >= 0.3 is 19.8 Å². The topological polar surface area (TPSA) is 108 Å². The lowest BCUT2D eigenvalue weighted by atomic mass is 10.0. The highest BCUT2D eigenvalue weighted by Gasteiger charge is 2.27. The summed E-state index contributed by atoms with van der Waals surface area (Å²) in [6.45, 7) is 4.42. The van der Waals surface area contributed by atoms with Crippen molar-refractivity contribution in [1.29, 1.82) is 0 Å². The minimum Gasteiger partial charge on any atom is -0.462 e. The molecule has 0 aromatic heterocycles. The third kappa shape index (κ3) is 36.8. The van der Waals surface area contributed by atoms with Crippen LogP contribution in [0.4, 0.5) is 0 Å². The molecule has 0 fully saturated rings. The normalized spacial score (nSPS) is 13.6. The number of ether oxygens (including phenoxy) is 2. The summed E-state index contributed by atoms with van der Waals surface area (Å²) in [7, 11) is 1.49. The average molecular weight is 735 g/mol. The molecule has 0 bridgehead atoms. The molecule has 2 atom stereocenters. The van der Waals surface area contributed by atoms with Gasteiger partial charge in [0.15, 0.2) is 6.10 Å². The van der Waals surface area contributed by atoms with Gasteiger partial charge in [0.25, 0.3) is 0 Å². The number of phosphoric acid groups is 1. The van der Waals surface area contributed by atoms with E-state index in [1.807, 2.05) is 21.1 Å². The summed E-state index contributed by atoms with van der Waals surface area (Å²) in [6, 6.07) is 0. The summed E-state index contributed by atoms with van der Waals surface area (Å²) in [5.41, 5.74) is 0. The molecule has 0 amide bonds. The fourth-order valence-corrected chi connectivity index (χ4v) is 6.58. The predicted molar refractivity (Wildman–Crippen MR) is 206 cm³/mol. The zero-order chi connectivity index (χ0) is 37.2. The van der Waals surface area contributed by atoms with Crippen LogP contribution in [0.1, 0.15) is 194 Å². The van der Waals surface area contributed by atoms with Gasteiger partial charge in [-0.15, -0.1) is 0 Å². The van der Waals surface area contributed by atoms with Gasteiger partial charge < -0.3 is 18.9 Å². The van der Waals surface area contributed by atoms with Gasteiger partial charge in [-0.2, -0.15) is 0 Å². The van der Waals surface area contributed by atoms with Crippen molar-refractivity contribution in [2.24, 2.45) is 0 Å². The number of carbonyl (C=O) groups excluding carboxylic acids is 2. The molecule has 0 radical (unpaired) electrons. The van der Waals surface area contributed by atoms with Crippen molar-refractivity contribution in [2.45, 2.75) is 200 Å². The van der Waals surface area contributed by atoms with Crippen LogP contribution in [0.5, 0.6) is 0 Å². The zero-order valence-corrected chi connectivity index (χ0v) is 34.3. The second-order valence-corrected chi connectivity index (χ2v) is 16.8. The van der Waals surface area contributed by atoms with Gasteiger partial charge in [-0.3, -0.25) is 18.6 Å². The molecule has 0 saturated heterocycles. The van der Waals surface area contributed by atoms with Crippen molar-refractivity contribution in [3.8, 4) is 0 Å². The number of likely N-dealkylation sites (N-methyl/N-ethyl adjacent to an activating group) is 1. The van der Waals surface area contributed by atoms with Crippen molar-refractivity contribution in [1.82, 2.24) is 0 Å². The first-order valence-corrected chi connectivity index (χ1v) is 22.3. The van der Waals surface area contributed by atoms with Gasteiger partial charge in [-0.25, -0.2) is 4.57 Å². The summed E-state index contributed by atoms with van der Waals surface area (Å²) in [6.07, 6.45) is 31.5. The van der Waals surface area contributed by atoms with Crippen LogP contribution in [0.2, 0.25) is 0 Å². The number of nitrogens with zero attached hydrogens (tertiary/aromatic N) is 1. The van der Waals surface area contributed by atoms with Gasteiger partial charge in [0.05, 0.1) is 27.7 Å². The minimum absolute atomic E-state index is 0.0365. The lowest BCUT2D eigenvalue weighted by Gasteiger charge is -2.24. The molecule has 0 aromatic carbocycles. The summed E-state index contributed by atoms with van der Waals surface area (Å²) >= 11 is 0. The van der Waals surface area contributed by atoms with E-state index in [1.165, 1.54) is 128 Å². The van der Waals surface area contributed by atoms with Crippen LogP contribution >= 0.6 is 7.82 Å². The van der Waals surface area contributed by atoms with Crippen LogP contribution in [0.15, 0.2) is 0 Å². The van der Waals surface area contributed by atoms with Crippen LogP contribution in [0.25, 0.3) is 0 Å². The Morgan fingerprint density at radius 3 is 1.28 bits per heavy atom. The number of rotatable bonds is 38. The Labute approximate surface area is 308 Å². The summed E-state index contributed by atoms with van der Waals surface area (Å²) in [5, 5.41) is 0. The Morgan fingerprint density at radius 2 is 0.900 bits per heavy atom. The maximum absolute atomic E-state index is 12.6. The standard InChI is InChI=1S/C40H80NO8P/c1-6-8-10-12-14-16-17-18-19-20-21-22-23-25-27-29-31-33-40(43)49-38(37-48-50(44,45)47-35-34-41(3,4)5)36-46-39(42)32-30-28-26-24-15-13-11-9-7-2/h38H,6-37H2,1-5H3/p+1/t38-/m1/s1. The maximum Gasteiger partial charge on any atom is 0.472 e. The van der Waals surface area contributed by atoms with Crippen LogP contribution in [0, 0.1) is 0 Å². The Hall–Kier alpha value is -0.990. The third-order valence-corrected chi connectivity index (χ3v) is 10.1. The number of carbonyl (C=O) groups is 2. The van der Waals surface area contributed by atoms with Gasteiger partial charge in [0, 0.05) is 12.8 Å². The smallest absolute Gasteiger partial charge is 0.462 e. The fourth-order valence-electron chi connectivity index (χ4n) is 5.84.